The maximum Gasteiger partial charge on any atom is 0.222 e. The number of carbonyl (C=O) groups excluding carboxylic acids is 1. The fourth-order valence-electron chi connectivity index (χ4n) is 2.57. The lowest BCUT2D eigenvalue weighted by atomic mass is 10.1. The van der Waals surface area contributed by atoms with Gasteiger partial charge in [0.15, 0.2) is 0 Å². The molecule has 19 heavy (non-hydrogen) atoms. The van der Waals surface area contributed by atoms with Crippen LogP contribution in [0.25, 0.3) is 0 Å². The number of hydrogen-bond donors (Lipinski definition) is 1. The van der Waals surface area contributed by atoms with Crippen LogP contribution in [0.5, 0.6) is 0 Å². The largest absolute Gasteiger partial charge is 0.352 e. The molecule has 0 spiro atoms. The summed E-state index contributed by atoms with van der Waals surface area (Å²) in [7, 11) is 0. The van der Waals surface area contributed by atoms with Gasteiger partial charge in [-0.3, -0.25) is 9.69 Å². The van der Waals surface area contributed by atoms with Crippen molar-refractivity contribution in [1.29, 1.82) is 0 Å². The van der Waals surface area contributed by atoms with Crippen LogP contribution >= 0.6 is 0 Å². The van der Waals surface area contributed by atoms with Gasteiger partial charge in [0.05, 0.1) is 0 Å². The van der Waals surface area contributed by atoms with Gasteiger partial charge in [-0.05, 0) is 18.9 Å². The first kappa shape index (κ1) is 14.1. The van der Waals surface area contributed by atoms with Gasteiger partial charge in [0.25, 0.3) is 0 Å². The first-order valence-corrected chi connectivity index (χ1v) is 7.17. The van der Waals surface area contributed by atoms with Crippen LogP contribution in [0.3, 0.4) is 0 Å². The van der Waals surface area contributed by atoms with Crippen LogP contribution in [-0.2, 0) is 4.79 Å². The Hall–Kier alpha value is -1.35. The predicted molar refractivity (Wildman–Crippen MR) is 77.8 cm³/mol. The Morgan fingerprint density at radius 2 is 1.95 bits per heavy atom. The minimum absolute atomic E-state index is 0.0700. The minimum Gasteiger partial charge on any atom is -0.352 e. The molecule has 1 heterocycles. The Bertz CT molecular complexity index is 416. The molecule has 1 aliphatic heterocycles. The summed E-state index contributed by atoms with van der Waals surface area (Å²) in [4.78, 5) is 14.2. The fourth-order valence-corrected chi connectivity index (χ4v) is 2.57. The molecule has 1 amide bonds. The lowest BCUT2D eigenvalue weighted by Gasteiger charge is -2.25. The van der Waals surface area contributed by atoms with Crippen molar-refractivity contribution in [1.82, 2.24) is 10.2 Å². The molecule has 0 saturated carbocycles. The second-order valence-electron chi connectivity index (χ2n) is 5.73. The zero-order valence-corrected chi connectivity index (χ0v) is 12.1. The third-order valence-corrected chi connectivity index (χ3v) is 3.92. The van der Waals surface area contributed by atoms with Crippen molar-refractivity contribution < 1.29 is 4.79 Å². The second kappa shape index (κ2) is 6.20. The standard InChI is InChI=1S/C16H24N2O/c1-12(2)16(19)17-15-9-10-18(11-15)13(3)14-7-5-4-6-8-14/h4-8,12-13,15H,9-11H2,1-3H3,(H,17,19). The van der Waals surface area contributed by atoms with E-state index in [1.807, 2.05) is 19.9 Å². The summed E-state index contributed by atoms with van der Waals surface area (Å²) >= 11 is 0. The lowest BCUT2D eigenvalue weighted by molar-refractivity contribution is -0.124. The Morgan fingerprint density at radius 1 is 1.26 bits per heavy atom. The van der Waals surface area contributed by atoms with Crippen LogP contribution in [0.15, 0.2) is 30.3 Å². The molecule has 2 atom stereocenters. The molecule has 1 aromatic rings. The van der Waals surface area contributed by atoms with Gasteiger partial charge in [0, 0.05) is 31.1 Å². The highest BCUT2D eigenvalue weighted by Crippen LogP contribution is 2.24. The number of amides is 1. The first-order valence-electron chi connectivity index (χ1n) is 7.17. The molecule has 1 aliphatic rings. The number of nitrogens with one attached hydrogen (secondary N) is 1. The summed E-state index contributed by atoms with van der Waals surface area (Å²) in [6.45, 7) is 8.12. The van der Waals surface area contributed by atoms with Gasteiger partial charge in [-0.25, -0.2) is 0 Å². The van der Waals surface area contributed by atoms with Crippen LogP contribution in [0.4, 0.5) is 0 Å². The number of rotatable bonds is 4. The summed E-state index contributed by atoms with van der Waals surface area (Å²) < 4.78 is 0. The van der Waals surface area contributed by atoms with E-state index in [2.05, 4.69) is 41.4 Å². The number of carbonyl (C=O) groups is 1. The van der Waals surface area contributed by atoms with Crippen molar-refractivity contribution in [2.75, 3.05) is 13.1 Å². The van der Waals surface area contributed by atoms with Gasteiger partial charge >= 0.3 is 0 Å². The molecule has 2 rings (SSSR count). The normalized spacial score (nSPS) is 21.6. The van der Waals surface area contributed by atoms with E-state index in [-0.39, 0.29) is 11.8 Å². The Balaban J connectivity index is 1.90. The highest BCUT2D eigenvalue weighted by atomic mass is 16.1. The summed E-state index contributed by atoms with van der Waals surface area (Å²) in [6.07, 6.45) is 1.05. The molecule has 104 valence electrons. The average molecular weight is 260 g/mol. The zero-order chi connectivity index (χ0) is 13.8. The van der Waals surface area contributed by atoms with Crippen molar-refractivity contribution in [2.45, 2.75) is 39.3 Å². The highest BCUT2D eigenvalue weighted by Gasteiger charge is 2.27. The molecule has 0 radical (unpaired) electrons. The van der Waals surface area contributed by atoms with E-state index in [1.54, 1.807) is 0 Å². The molecular formula is C16H24N2O. The molecule has 1 saturated heterocycles. The summed E-state index contributed by atoms with van der Waals surface area (Å²) in [6, 6.07) is 11.3. The number of benzene rings is 1. The summed E-state index contributed by atoms with van der Waals surface area (Å²) in [5.41, 5.74) is 1.35. The highest BCUT2D eigenvalue weighted by molar-refractivity contribution is 5.78. The fraction of sp³-hybridized carbons (Fsp3) is 0.562. The molecule has 0 bridgehead atoms. The maximum atomic E-state index is 11.7. The molecule has 0 aliphatic carbocycles. The molecule has 0 aromatic heterocycles. The zero-order valence-electron chi connectivity index (χ0n) is 12.1. The van der Waals surface area contributed by atoms with Gasteiger partial charge in [0.1, 0.15) is 0 Å². The summed E-state index contributed by atoms with van der Waals surface area (Å²) in [5, 5.41) is 3.13. The number of likely N-dealkylation sites (tertiary alicyclic amines) is 1. The number of hydrogen-bond acceptors (Lipinski definition) is 2. The van der Waals surface area contributed by atoms with Crippen molar-refractivity contribution in [3.63, 3.8) is 0 Å². The summed E-state index contributed by atoms with van der Waals surface area (Å²) in [5.74, 6) is 0.236. The lowest BCUT2D eigenvalue weighted by Crippen LogP contribution is -2.39. The van der Waals surface area contributed by atoms with Crippen LogP contribution in [-0.4, -0.2) is 29.9 Å². The van der Waals surface area contributed by atoms with Crippen LogP contribution in [0.2, 0.25) is 0 Å². The third kappa shape index (κ3) is 3.57. The van der Waals surface area contributed by atoms with Gasteiger partial charge in [-0.2, -0.15) is 0 Å². The first-order chi connectivity index (χ1) is 9.08. The van der Waals surface area contributed by atoms with Gasteiger partial charge in [-0.1, -0.05) is 44.2 Å². The molecular weight excluding hydrogens is 236 g/mol. The van der Waals surface area contributed by atoms with E-state index in [0.717, 1.165) is 19.5 Å². The Morgan fingerprint density at radius 3 is 2.58 bits per heavy atom. The van der Waals surface area contributed by atoms with Crippen molar-refractivity contribution in [3.05, 3.63) is 35.9 Å². The van der Waals surface area contributed by atoms with E-state index >= 15 is 0 Å². The van der Waals surface area contributed by atoms with Crippen molar-refractivity contribution in [3.8, 4) is 0 Å². The van der Waals surface area contributed by atoms with E-state index < -0.39 is 0 Å². The van der Waals surface area contributed by atoms with Crippen LogP contribution in [0, 0.1) is 5.92 Å². The molecule has 3 heteroatoms. The maximum absolute atomic E-state index is 11.7. The quantitative estimate of drug-likeness (QED) is 0.902. The molecule has 2 unspecified atom stereocenters. The average Bonchev–Trinajstić information content (AvgIpc) is 2.87. The number of nitrogens with zero attached hydrogens (tertiary/aromatic N) is 1. The molecule has 1 N–H and O–H groups in total. The second-order valence-corrected chi connectivity index (χ2v) is 5.73. The van der Waals surface area contributed by atoms with E-state index in [0.29, 0.717) is 12.1 Å². The van der Waals surface area contributed by atoms with Gasteiger partial charge < -0.3 is 5.32 Å². The molecule has 1 fully saturated rings. The molecule has 1 aromatic carbocycles. The Kier molecular flexibility index (Phi) is 4.59. The van der Waals surface area contributed by atoms with E-state index in [4.69, 9.17) is 0 Å². The third-order valence-electron chi connectivity index (χ3n) is 3.92. The molecule has 3 nitrogen and oxygen atoms in total. The Labute approximate surface area is 116 Å². The predicted octanol–water partition coefficient (Wildman–Crippen LogP) is 2.59. The topological polar surface area (TPSA) is 32.3 Å². The van der Waals surface area contributed by atoms with Gasteiger partial charge in [-0.15, -0.1) is 0 Å². The van der Waals surface area contributed by atoms with Crippen LogP contribution < -0.4 is 5.32 Å². The smallest absolute Gasteiger partial charge is 0.222 e. The van der Waals surface area contributed by atoms with Crippen molar-refractivity contribution in [2.24, 2.45) is 5.92 Å². The van der Waals surface area contributed by atoms with Gasteiger partial charge in [0.2, 0.25) is 5.91 Å². The monoisotopic (exact) mass is 260 g/mol. The minimum atomic E-state index is 0.0700. The SMILES string of the molecule is CC(C)C(=O)NC1CCN(C(C)c2ccccc2)C1. The van der Waals surface area contributed by atoms with Crippen molar-refractivity contribution >= 4 is 5.91 Å². The van der Waals surface area contributed by atoms with Crippen LogP contribution in [0.1, 0.15) is 38.8 Å². The van der Waals surface area contributed by atoms with E-state index in [1.165, 1.54) is 5.56 Å². The van der Waals surface area contributed by atoms with E-state index in [9.17, 15) is 4.79 Å².